The van der Waals surface area contributed by atoms with Crippen LogP contribution in [0.5, 0.6) is 0 Å². The van der Waals surface area contributed by atoms with E-state index in [1.165, 1.54) is 0 Å². The molecular formula is C13H20ClN3O. The van der Waals surface area contributed by atoms with E-state index in [1.807, 2.05) is 43.3 Å². The molecule has 0 aromatic heterocycles. The van der Waals surface area contributed by atoms with Crippen LogP contribution < -0.4 is 10.6 Å². The van der Waals surface area contributed by atoms with E-state index >= 15 is 0 Å². The molecule has 0 bridgehead atoms. The highest BCUT2D eigenvalue weighted by Crippen LogP contribution is 2.08. The SMILES string of the molecule is CN(C)CCNC(=O)CNCc1ccc(Cl)cc1. The van der Waals surface area contributed by atoms with Crippen LogP contribution in [-0.2, 0) is 11.3 Å². The molecule has 4 nitrogen and oxygen atoms in total. The second kappa shape index (κ2) is 8.08. The Balaban J connectivity index is 2.13. The zero-order valence-corrected chi connectivity index (χ0v) is 11.6. The van der Waals surface area contributed by atoms with Crippen LogP contribution in [0.4, 0.5) is 0 Å². The number of likely N-dealkylation sites (N-methyl/N-ethyl adjacent to an activating group) is 1. The summed E-state index contributed by atoms with van der Waals surface area (Å²) in [4.78, 5) is 13.5. The van der Waals surface area contributed by atoms with E-state index in [-0.39, 0.29) is 5.91 Å². The van der Waals surface area contributed by atoms with E-state index in [4.69, 9.17) is 11.6 Å². The summed E-state index contributed by atoms with van der Waals surface area (Å²) in [6.07, 6.45) is 0. The third-order valence-corrected chi connectivity index (χ3v) is 2.66. The van der Waals surface area contributed by atoms with Gasteiger partial charge in [0, 0.05) is 24.7 Å². The van der Waals surface area contributed by atoms with Crippen LogP contribution in [0.25, 0.3) is 0 Å². The monoisotopic (exact) mass is 269 g/mol. The lowest BCUT2D eigenvalue weighted by atomic mass is 10.2. The lowest BCUT2D eigenvalue weighted by Gasteiger charge is -2.10. The molecule has 0 spiro atoms. The van der Waals surface area contributed by atoms with Crippen molar-refractivity contribution in [1.29, 1.82) is 0 Å². The molecule has 0 heterocycles. The average Bonchev–Trinajstić information content (AvgIpc) is 2.31. The molecular weight excluding hydrogens is 250 g/mol. The van der Waals surface area contributed by atoms with Gasteiger partial charge in [0.2, 0.25) is 5.91 Å². The molecule has 1 aromatic carbocycles. The number of benzene rings is 1. The van der Waals surface area contributed by atoms with Gasteiger partial charge in [0.25, 0.3) is 0 Å². The highest BCUT2D eigenvalue weighted by atomic mass is 35.5. The minimum absolute atomic E-state index is 0.0193. The molecule has 0 aliphatic carbocycles. The Morgan fingerprint density at radius 1 is 1.28 bits per heavy atom. The summed E-state index contributed by atoms with van der Waals surface area (Å²) in [5.74, 6) is 0.0193. The Morgan fingerprint density at radius 3 is 2.56 bits per heavy atom. The number of rotatable bonds is 7. The number of hydrogen-bond donors (Lipinski definition) is 2. The topological polar surface area (TPSA) is 44.4 Å². The van der Waals surface area contributed by atoms with Gasteiger partial charge in [-0.15, -0.1) is 0 Å². The number of nitrogens with zero attached hydrogens (tertiary/aromatic N) is 1. The molecule has 0 fully saturated rings. The highest BCUT2D eigenvalue weighted by molar-refractivity contribution is 6.30. The Morgan fingerprint density at radius 2 is 1.94 bits per heavy atom. The molecule has 1 aromatic rings. The molecule has 100 valence electrons. The van der Waals surface area contributed by atoms with E-state index in [2.05, 4.69) is 10.6 Å². The van der Waals surface area contributed by atoms with E-state index < -0.39 is 0 Å². The molecule has 2 N–H and O–H groups in total. The summed E-state index contributed by atoms with van der Waals surface area (Å²) < 4.78 is 0. The van der Waals surface area contributed by atoms with E-state index in [9.17, 15) is 4.79 Å². The quantitative estimate of drug-likeness (QED) is 0.779. The molecule has 0 saturated heterocycles. The fourth-order valence-electron chi connectivity index (χ4n) is 1.40. The van der Waals surface area contributed by atoms with Gasteiger partial charge in [0.1, 0.15) is 0 Å². The van der Waals surface area contributed by atoms with Crippen LogP contribution in [0, 0.1) is 0 Å². The molecule has 18 heavy (non-hydrogen) atoms. The predicted molar refractivity (Wildman–Crippen MR) is 74.7 cm³/mol. The Bertz CT molecular complexity index is 365. The maximum Gasteiger partial charge on any atom is 0.234 e. The number of amides is 1. The third kappa shape index (κ3) is 6.59. The molecule has 0 aliphatic rings. The van der Waals surface area contributed by atoms with E-state index in [1.54, 1.807) is 0 Å². The lowest BCUT2D eigenvalue weighted by Crippen LogP contribution is -2.37. The van der Waals surface area contributed by atoms with Gasteiger partial charge in [0.05, 0.1) is 6.54 Å². The van der Waals surface area contributed by atoms with Gasteiger partial charge in [0.15, 0.2) is 0 Å². The van der Waals surface area contributed by atoms with Crippen molar-refractivity contribution in [2.24, 2.45) is 0 Å². The van der Waals surface area contributed by atoms with Crippen molar-refractivity contribution in [3.63, 3.8) is 0 Å². The van der Waals surface area contributed by atoms with Crippen molar-refractivity contribution in [3.8, 4) is 0 Å². The van der Waals surface area contributed by atoms with Gasteiger partial charge < -0.3 is 15.5 Å². The smallest absolute Gasteiger partial charge is 0.234 e. The van der Waals surface area contributed by atoms with Crippen molar-refractivity contribution in [2.45, 2.75) is 6.54 Å². The molecule has 0 atom stereocenters. The Labute approximate surface area is 113 Å². The fraction of sp³-hybridized carbons (Fsp3) is 0.462. The standard InChI is InChI=1S/C13H20ClN3O/c1-17(2)8-7-16-13(18)10-15-9-11-3-5-12(14)6-4-11/h3-6,15H,7-10H2,1-2H3,(H,16,18). The number of halogens is 1. The van der Waals surface area contributed by atoms with Crippen molar-refractivity contribution in [3.05, 3.63) is 34.9 Å². The molecule has 1 amide bonds. The van der Waals surface area contributed by atoms with Gasteiger partial charge in [-0.3, -0.25) is 4.79 Å². The summed E-state index contributed by atoms with van der Waals surface area (Å²) in [7, 11) is 3.95. The molecule has 5 heteroatoms. The van der Waals surface area contributed by atoms with Crippen LogP contribution >= 0.6 is 11.6 Å². The van der Waals surface area contributed by atoms with Crippen LogP contribution in [0.2, 0.25) is 5.02 Å². The maximum atomic E-state index is 11.5. The van der Waals surface area contributed by atoms with Crippen LogP contribution in [0.15, 0.2) is 24.3 Å². The van der Waals surface area contributed by atoms with Crippen molar-refractivity contribution < 1.29 is 4.79 Å². The maximum absolute atomic E-state index is 11.5. The van der Waals surface area contributed by atoms with Crippen molar-refractivity contribution >= 4 is 17.5 Å². The van der Waals surface area contributed by atoms with E-state index in [0.717, 1.165) is 17.1 Å². The zero-order chi connectivity index (χ0) is 13.4. The molecule has 0 unspecified atom stereocenters. The van der Waals surface area contributed by atoms with Crippen LogP contribution in [-0.4, -0.2) is 44.5 Å². The molecule has 0 saturated carbocycles. The van der Waals surface area contributed by atoms with Gasteiger partial charge in [-0.1, -0.05) is 23.7 Å². The average molecular weight is 270 g/mol. The second-order valence-electron chi connectivity index (χ2n) is 4.38. The number of carbonyl (C=O) groups is 1. The minimum atomic E-state index is 0.0193. The van der Waals surface area contributed by atoms with Crippen LogP contribution in [0.1, 0.15) is 5.56 Å². The fourth-order valence-corrected chi connectivity index (χ4v) is 1.53. The molecule has 1 rings (SSSR count). The first-order chi connectivity index (χ1) is 8.58. The van der Waals surface area contributed by atoms with Crippen molar-refractivity contribution in [2.75, 3.05) is 33.7 Å². The van der Waals surface area contributed by atoms with Gasteiger partial charge in [-0.25, -0.2) is 0 Å². The Hall–Kier alpha value is -1.10. The number of hydrogen-bond acceptors (Lipinski definition) is 3. The summed E-state index contributed by atoms with van der Waals surface area (Å²) in [5, 5.41) is 6.66. The normalized spacial score (nSPS) is 10.7. The van der Waals surface area contributed by atoms with Crippen molar-refractivity contribution in [1.82, 2.24) is 15.5 Å². The Kier molecular flexibility index (Phi) is 6.72. The third-order valence-electron chi connectivity index (χ3n) is 2.41. The summed E-state index contributed by atoms with van der Waals surface area (Å²) in [5.41, 5.74) is 1.11. The minimum Gasteiger partial charge on any atom is -0.354 e. The number of nitrogens with one attached hydrogen (secondary N) is 2. The predicted octanol–water partition coefficient (Wildman–Crippen LogP) is 1.11. The first kappa shape index (κ1) is 15.0. The second-order valence-corrected chi connectivity index (χ2v) is 4.82. The van der Waals surface area contributed by atoms with Gasteiger partial charge in [-0.05, 0) is 31.8 Å². The summed E-state index contributed by atoms with van der Waals surface area (Å²) >= 11 is 5.79. The van der Waals surface area contributed by atoms with Crippen LogP contribution in [0.3, 0.4) is 0 Å². The first-order valence-electron chi connectivity index (χ1n) is 5.94. The first-order valence-corrected chi connectivity index (χ1v) is 6.32. The van der Waals surface area contributed by atoms with Gasteiger partial charge >= 0.3 is 0 Å². The molecule has 0 aliphatic heterocycles. The van der Waals surface area contributed by atoms with E-state index in [0.29, 0.717) is 19.6 Å². The summed E-state index contributed by atoms with van der Waals surface area (Å²) in [6.45, 7) is 2.52. The number of carbonyl (C=O) groups excluding carboxylic acids is 1. The largest absolute Gasteiger partial charge is 0.354 e. The van der Waals surface area contributed by atoms with Gasteiger partial charge in [-0.2, -0.15) is 0 Å². The zero-order valence-electron chi connectivity index (χ0n) is 10.9. The summed E-state index contributed by atoms with van der Waals surface area (Å²) in [6, 6.07) is 7.57. The molecule has 0 radical (unpaired) electrons. The lowest BCUT2D eigenvalue weighted by molar-refractivity contribution is -0.120. The highest BCUT2D eigenvalue weighted by Gasteiger charge is 2.00.